The molecule has 1 atom stereocenters. The lowest BCUT2D eigenvalue weighted by atomic mass is 9.90. The molecule has 1 N–H and O–H groups in total. The van der Waals surface area contributed by atoms with Gasteiger partial charge in [0.15, 0.2) is 5.82 Å². The summed E-state index contributed by atoms with van der Waals surface area (Å²) in [5, 5.41) is 6.94. The van der Waals surface area contributed by atoms with Gasteiger partial charge in [0.2, 0.25) is 11.8 Å². The van der Waals surface area contributed by atoms with Gasteiger partial charge in [-0.15, -0.1) is 0 Å². The van der Waals surface area contributed by atoms with Gasteiger partial charge >= 0.3 is 0 Å². The lowest BCUT2D eigenvalue weighted by Gasteiger charge is -2.36. The number of anilines is 1. The number of rotatable bonds is 3. The molecule has 0 saturated carbocycles. The fourth-order valence-corrected chi connectivity index (χ4v) is 3.10. The van der Waals surface area contributed by atoms with Gasteiger partial charge < -0.3 is 10.2 Å². The highest BCUT2D eigenvalue weighted by Crippen LogP contribution is 2.32. The number of amides is 2. The highest BCUT2D eigenvalue weighted by Gasteiger charge is 2.30. The van der Waals surface area contributed by atoms with Crippen LogP contribution in [0.5, 0.6) is 0 Å². The van der Waals surface area contributed by atoms with E-state index in [9.17, 15) is 9.59 Å². The third kappa shape index (κ3) is 3.26. The summed E-state index contributed by atoms with van der Waals surface area (Å²) >= 11 is 0. The first kappa shape index (κ1) is 15.3. The maximum atomic E-state index is 12.4. The van der Waals surface area contributed by atoms with Gasteiger partial charge in [0, 0.05) is 32.8 Å². The number of hydrogen-bond acceptors (Lipinski definition) is 3. The number of carbonyl (C=O) groups is 2. The molecular weight excluding hydrogens is 292 g/mol. The van der Waals surface area contributed by atoms with Crippen molar-refractivity contribution < 1.29 is 9.59 Å². The van der Waals surface area contributed by atoms with Crippen LogP contribution in [0.3, 0.4) is 0 Å². The van der Waals surface area contributed by atoms with Crippen LogP contribution in [0.1, 0.15) is 30.5 Å². The van der Waals surface area contributed by atoms with Crippen molar-refractivity contribution in [2.24, 2.45) is 7.05 Å². The maximum Gasteiger partial charge on any atom is 0.228 e. The normalized spacial score (nSPS) is 16.8. The molecule has 0 fully saturated rings. The van der Waals surface area contributed by atoms with E-state index in [1.54, 1.807) is 35.8 Å². The van der Waals surface area contributed by atoms with Gasteiger partial charge in [0.25, 0.3) is 0 Å². The molecule has 6 heteroatoms. The van der Waals surface area contributed by atoms with Gasteiger partial charge in [-0.25, -0.2) is 0 Å². The van der Waals surface area contributed by atoms with Gasteiger partial charge in [-0.1, -0.05) is 24.3 Å². The molecule has 2 heterocycles. The molecule has 0 spiro atoms. The average molecular weight is 312 g/mol. The van der Waals surface area contributed by atoms with Crippen LogP contribution in [0.25, 0.3) is 0 Å². The highest BCUT2D eigenvalue weighted by molar-refractivity contribution is 5.90. The Kier molecular flexibility index (Phi) is 4.14. The van der Waals surface area contributed by atoms with Crippen LogP contribution in [-0.4, -0.2) is 33.0 Å². The number of aromatic nitrogens is 2. The van der Waals surface area contributed by atoms with E-state index >= 15 is 0 Å². The van der Waals surface area contributed by atoms with Gasteiger partial charge in [-0.3, -0.25) is 14.3 Å². The van der Waals surface area contributed by atoms with E-state index in [2.05, 4.69) is 16.5 Å². The predicted molar refractivity (Wildman–Crippen MR) is 86.7 cm³/mol. The first-order valence-corrected chi connectivity index (χ1v) is 7.69. The van der Waals surface area contributed by atoms with Crippen molar-refractivity contribution >= 4 is 17.6 Å². The summed E-state index contributed by atoms with van der Waals surface area (Å²) in [5.74, 6) is 0.378. The number of fused-ring (bicyclic) bond motifs is 1. The van der Waals surface area contributed by atoms with Crippen LogP contribution in [0.15, 0.2) is 36.5 Å². The fraction of sp³-hybridized carbons (Fsp3) is 0.353. The zero-order valence-electron chi connectivity index (χ0n) is 13.3. The molecular formula is C17H20N4O2. The van der Waals surface area contributed by atoms with Crippen LogP contribution >= 0.6 is 0 Å². The Bertz CT molecular complexity index is 738. The minimum absolute atomic E-state index is 0.00450. The molecule has 0 radical (unpaired) electrons. The van der Waals surface area contributed by atoms with E-state index in [1.807, 2.05) is 18.2 Å². The van der Waals surface area contributed by atoms with Crippen molar-refractivity contribution in [3.05, 3.63) is 47.7 Å². The molecule has 6 nitrogen and oxygen atoms in total. The second kappa shape index (κ2) is 6.24. The zero-order valence-corrected chi connectivity index (χ0v) is 13.3. The van der Waals surface area contributed by atoms with Crippen LogP contribution < -0.4 is 5.32 Å². The molecule has 2 aromatic rings. The summed E-state index contributed by atoms with van der Waals surface area (Å²) in [4.78, 5) is 26.1. The molecule has 1 aromatic carbocycles. The number of aryl methyl sites for hydroxylation is 1. The third-order valence-corrected chi connectivity index (χ3v) is 4.18. The number of hydrogen-bond donors (Lipinski definition) is 1. The van der Waals surface area contributed by atoms with Gasteiger partial charge in [-0.05, 0) is 17.5 Å². The Balaban J connectivity index is 1.80. The van der Waals surface area contributed by atoms with Crippen molar-refractivity contribution in [2.45, 2.75) is 25.8 Å². The molecule has 3 rings (SSSR count). The first-order chi connectivity index (χ1) is 11.0. The SMILES string of the molecule is CC(=O)N1CCc2ccccc2C1CC(=O)Nc1ccn(C)n1. The molecule has 2 amide bonds. The smallest absolute Gasteiger partial charge is 0.228 e. The molecule has 1 aliphatic rings. The van der Waals surface area contributed by atoms with Crippen molar-refractivity contribution in [1.29, 1.82) is 0 Å². The summed E-state index contributed by atoms with van der Waals surface area (Å²) < 4.78 is 1.63. The number of benzene rings is 1. The molecule has 0 saturated heterocycles. The van der Waals surface area contributed by atoms with E-state index < -0.39 is 0 Å². The predicted octanol–water partition coefficient (Wildman–Crippen LogP) is 1.89. The first-order valence-electron chi connectivity index (χ1n) is 7.69. The molecule has 0 bridgehead atoms. The monoisotopic (exact) mass is 312 g/mol. The summed E-state index contributed by atoms with van der Waals surface area (Å²) in [6.45, 7) is 2.20. The largest absolute Gasteiger partial charge is 0.335 e. The minimum Gasteiger partial charge on any atom is -0.335 e. The summed E-state index contributed by atoms with van der Waals surface area (Å²) in [5.41, 5.74) is 2.27. The maximum absolute atomic E-state index is 12.4. The third-order valence-electron chi connectivity index (χ3n) is 4.18. The average Bonchev–Trinajstić information content (AvgIpc) is 2.92. The summed E-state index contributed by atoms with van der Waals surface area (Å²) in [7, 11) is 1.80. The van der Waals surface area contributed by atoms with Crippen LogP contribution in [0.4, 0.5) is 5.82 Å². The standard InChI is InChI=1S/C17H20N4O2/c1-12(22)21-10-7-13-5-3-4-6-14(13)15(21)11-17(23)18-16-8-9-20(2)19-16/h3-6,8-9,15H,7,10-11H2,1-2H3,(H,18,19,23). The highest BCUT2D eigenvalue weighted by atomic mass is 16.2. The van der Waals surface area contributed by atoms with Crippen molar-refractivity contribution in [3.8, 4) is 0 Å². The van der Waals surface area contributed by atoms with Crippen LogP contribution in [0, 0.1) is 0 Å². The van der Waals surface area contributed by atoms with Crippen molar-refractivity contribution in [1.82, 2.24) is 14.7 Å². The van der Waals surface area contributed by atoms with E-state index in [1.165, 1.54) is 5.56 Å². The molecule has 0 aliphatic carbocycles. The van der Waals surface area contributed by atoms with E-state index in [0.29, 0.717) is 12.4 Å². The minimum atomic E-state index is -0.221. The van der Waals surface area contributed by atoms with Crippen LogP contribution in [-0.2, 0) is 23.1 Å². The number of nitrogens with one attached hydrogen (secondary N) is 1. The van der Waals surface area contributed by atoms with Crippen molar-refractivity contribution in [3.63, 3.8) is 0 Å². The van der Waals surface area contributed by atoms with E-state index in [4.69, 9.17) is 0 Å². The lowest BCUT2D eigenvalue weighted by Crippen LogP contribution is -2.40. The Labute approximate surface area is 135 Å². The van der Waals surface area contributed by atoms with E-state index in [-0.39, 0.29) is 24.3 Å². The Hall–Kier alpha value is -2.63. The Morgan fingerprint density at radius 1 is 1.30 bits per heavy atom. The Morgan fingerprint density at radius 2 is 2.09 bits per heavy atom. The number of carbonyl (C=O) groups excluding carboxylic acids is 2. The molecule has 120 valence electrons. The summed E-state index contributed by atoms with van der Waals surface area (Å²) in [6, 6.07) is 9.54. The second-order valence-corrected chi connectivity index (χ2v) is 5.80. The van der Waals surface area contributed by atoms with E-state index in [0.717, 1.165) is 12.0 Å². The zero-order chi connectivity index (χ0) is 16.4. The molecule has 1 unspecified atom stereocenters. The fourth-order valence-electron chi connectivity index (χ4n) is 3.10. The molecule has 1 aliphatic heterocycles. The number of nitrogens with zero attached hydrogens (tertiary/aromatic N) is 3. The molecule has 23 heavy (non-hydrogen) atoms. The lowest BCUT2D eigenvalue weighted by molar-refractivity contribution is -0.132. The molecule has 1 aromatic heterocycles. The summed E-state index contributed by atoms with van der Waals surface area (Å²) in [6.07, 6.45) is 2.83. The topological polar surface area (TPSA) is 67.2 Å². The van der Waals surface area contributed by atoms with Gasteiger partial charge in [0.05, 0.1) is 12.5 Å². The Morgan fingerprint density at radius 3 is 2.78 bits per heavy atom. The second-order valence-electron chi connectivity index (χ2n) is 5.80. The van der Waals surface area contributed by atoms with Crippen molar-refractivity contribution in [2.75, 3.05) is 11.9 Å². The van der Waals surface area contributed by atoms with Gasteiger partial charge in [-0.2, -0.15) is 5.10 Å². The van der Waals surface area contributed by atoms with Crippen LogP contribution in [0.2, 0.25) is 0 Å². The van der Waals surface area contributed by atoms with Gasteiger partial charge in [0.1, 0.15) is 0 Å². The quantitative estimate of drug-likeness (QED) is 0.941.